The highest BCUT2D eigenvalue weighted by molar-refractivity contribution is 6.34. The lowest BCUT2D eigenvalue weighted by Crippen LogP contribution is -2.20. The molecule has 0 fully saturated rings. The average Bonchev–Trinajstić information content (AvgIpc) is 2.68. The fourth-order valence-corrected chi connectivity index (χ4v) is 2.40. The third kappa shape index (κ3) is 5.52. The van der Waals surface area contributed by atoms with Gasteiger partial charge in [0.1, 0.15) is 22.8 Å². The van der Waals surface area contributed by atoms with E-state index in [-0.39, 0.29) is 29.5 Å². The van der Waals surface area contributed by atoms with Gasteiger partial charge in [-0.1, -0.05) is 11.6 Å². The van der Waals surface area contributed by atoms with Crippen LogP contribution in [0.5, 0.6) is 17.2 Å². The number of anilines is 1. The lowest BCUT2D eigenvalue weighted by atomic mass is 10.1. The van der Waals surface area contributed by atoms with E-state index >= 15 is 0 Å². The molecule has 0 aliphatic carbocycles. The van der Waals surface area contributed by atoms with Crippen LogP contribution >= 0.6 is 11.6 Å². The Morgan fingerprint density at radius 3 is 2.30 bits per heavy atom. The van der Waals surface area contributed by atoms with Gasteiger partial charge in [0.15, 0.2) is 6.61 Å². The molecule has 0 saturated heterocycles. The second-order valence-electron chi connectivity index (χ2n) is 5.27. The molecule has 0 unspecified atom stereocenters. The first kappa shape index (κ1) is 20.4. The van der Waals surface area contributed by atoms with Gasteiger partial charge in [-0.25, -0.2) is 4.79 Å². The van der Waals surface area contributed by atoms with Crippen molar-refractivity contribution in [3.8, 4) is 17.2 Å². The summed E-state index contributed by atoms with van der Waals surface area (Å²) in [7, 11) is 2.97. The second-order valence-corrected chi connectivity index (χ2v) is 5.67. The van der Waals surface area contributed by atoms with Crippen molar-refractivity contribution in [2.24, 2.45) is 0 Å². The van der Waals surface area contributed by atoms with E-state index in [4.69, 9.17) is 30.5 Å². The Labute approximate surface area is 162 Å². The van der Waals surface area contributed by atoms with E-state index in [1.54, 1.807) is 38.3 Å². The highest BCUT2D eigenvalue weighted by Gasteiger charge is 2.18. The maximum Gasteiger partial charge on any atom is 0.341 e. The number of hydrogen-bond acceptors (Lipinski definition) is 6. The van der Waals surface area contributed by atoms with Crippen LogP contribution in [0.1, 0.15) is 17.3 Å². The largest absolute Gasteiger partial charge is 0.497 e. The van der Waals surface area contributed by atoms with Crippen LogP contribution in [0, 0.1) is 0 Å². The molecule has 0 aliphatic rings. The number of amides is 1. The molecule has 8 heteroatoms. The Kier molecular flexibility index (Phi) is 7.31. The zero-order chi connectivity index (χ0) is 19.8. The Hall–Kier alpha value is -2.93. The minimum Gasteiger partial charge on any atom is -0.497 e. The van der Waals surface area contributed by atoms with Gasteiger partial charge in [0.25, 0.3) is 5.91 Å². The quantitative estimate of drug-likeness (QED) is 0.690. The third-order valence-electron chi connectivity index (χ3n) is 3.49. The van der Waals surface area contributed by atoms with Crippen LogP contribution in [0.3, 0.4) is 0 Å². The number of carbonyl (C=O) groups is 2. The molecule has 0 atom stereocenters. The van der Waals surface area contributed by atoms with Gasteiger partial charge in [0, 0.05) is 6.07 Å². The molecule has 144 valence electrons. The van der Waals surface area contributed by atoms with Crippen molar-refractivity contribution in [1.82, 2.24) is 0 Å². The van der Waals surface area contributed by atoms with Crippen molar-refractivity contribution >= 4 is 29.2 Å². The predicted octanol–water partition coefficient (Wildman–Crippen LogP) is 3.55. The summed E-state index contributed by atoms with van der Waals surface area (Å²) in [5.74, 6) is 0.472. The molecule has 0 spiro atoms. The molecule has 0 aromatic heterocycles. The molecule has 7 nitrogen and oxygen atoms in total. The number of nitrogens with one attached hydrogen (secondary N) is 1. The van der Waals surface area contributed by atoms with Crippen molar-refractivity contribution < 1.29 is 28.5 Å². The molecule has 1 amide bonds. The number of hydrogen-bond donors (Lipinski definition) is 1. The van der Waals surface area contributed by atoms with E-state index in [1.165, 1.54) is 19.2 Å². The SMILES string of the molecule is CCOC(=O)c1cc(Cl)c(NC(=O)COc2ccc(OC)cc2)cc1OC. The van der Waals surface area contributed by atoms with Gasteiger partial charge in [0.05, 0.1) is 31.5 Å². The summed E-state index contributed by atoms with van der Waals surface area (Å²) >= 11 is 6.16. The van der Waals surface area contributed by atoms with Crippen molar-refractivity contribution in [3.63, 3.8) is 0 Å². The van der Waals surface area contributed by atoms with Gasteiger partial charge < -0.3 is 24.3 Å². The van der Waals surface area contributed by atoms with E-state index < -0.39 is 11.9 Å². The molecular weight excluding hydrogens is 374 g/mol. The summed E-state index contributed by atoms with van der Waals surface area (Å²) < 4.78 is 20.6. The fourth-order valence-electron chi connectivity index (χ4n) is 2.19. The Morgan fingerprint density at radius 1 is 1.04 bits per heavy atom. The molecule has 2 aromatic carbocycles. The molecule has 27 heavy (non-hydrogen) atoms. The van der Waals surface area contributed by atoms with Gasteiger partial charge in [-0.05, 0) is 37.3 Å². The summed E-state index contributed by atoms with van der Waals surface area (Å²) in [6, 6.07) is 9.68. The summed E-state index contributed by atoms with van der Waals surface area (Å²) in [6.07, 6.45) is 0. The summed E-state index contributed by atoms with van der Waals surface area (Å²) in [6.45, 7) is 1.70. The van der Waals surface area contributed by atoms with E-state index in [9.17, 15) is 9.59 Å². The number of esters is 1. The van der Waals surface area contributed by atoms with Crippen LogP contribution < -0.4 is 19.5 Å². The topological polar surface area (TPSA) is 83.1 Å². The highest BCUT2D eigenvalue weighted by atomic mass is 35.5. The molecular formula is C19H20ClNO6. The number of halogens is 1. The van der Waals surface area contributed by atoms with Gasteiger partial charge in [-0.2, -0.15) is 0 Å². The second kappa shape index (κ2) is 9.68. The predicted molar refractivity (Wildman–Crippen MR) is 101 cm³/mol. The van der Waals surface area contributed by atoms with E-state index in [1.807, 2.05) is 0 Å². The lowest BCUT2D eigenvalue weighted by Gasteiger charge is -2.13. The summed E-state index contributed by atoms with van der Waals surface area (Å²) in [5.41, 5.74) is 0.474. The standard InChI is InChI=1S/C19H20ClNO6/c1-4-26-19(23)14-9-15(20)16(10-17(14)25-3)21-18(22)11-27-13-7-5-12(24-2)6-8-13/h5-10H,4,11H2,1-3H3,(H,21,22). The normalized spacial score (nSPS) is 10.1. The average molecular weight is 394 g/mol. The van der Waals surface area contributed by atoms with Gasteiger partial charge in [-0.3, -0.25) is 4.79 Å². The zero-order valence-electron chi connectivity index (χ0n) is 15.2. The Bertz CT molecular complexity index is 807. The van der Waals surface area contributed by atoms with E-state index in [0.717, 1.165) is 0 Å². The van der Waals surface area contributed by atoms with Crippen LogP contribution in [0.4, 0.5) is 5.69 Å². The van der Waals surface area contributed by atoms with Gasteiger partial charge >= 0.3 is 5.97 Å². The van der Waals surface area contributed by atoms with Gasteiger partial charge in [0.2, 0.25) is 0 Å². The van der Waals surface area contributed by atoms with Crippen molar-refractivity contribution in [2.75, 3.05) is 32.8 Å². The molecule has 2 rings (SSSR count). The van der Waals surface area contributed by atoms with Crippen molar-refractivity contribution in [2.45, 2.75) is 6.92 Å². The maximum absolute atomic E-state index is 12.1. The smallest absolute Gasteiger partial charge is 0.341 e. The third-order valence-corrected chi connectivity index (χ3v) is 3.80. The first-order valence-electron chi connectivity index (χ1n) is 8.09. The fraction of sp³-hybridized carbons (Fsp3) is 0.263. The Morgan fingerprint density at radius 2 is 1.70 bits per heavy atom. The minimum atomic E-state index is -0.558. The summed E-state index contributed by atoms with van der Waals surface area (Å²) in [5, 5.41) is 2.80. The number of rotatable bonds is 8. The summed E-state index contributed by atoms with van der Waals surface area (Å²) in [4.78, 5) is 24.1. The van der Waals surface area contributed by atoms with Crippen LogP contribution in [0.2, 0.25) is 5.02 Å². The molecule has 0 heterocycles. The first-order valence-corrected chi connectivity index (χ1v) is 8.47. The van der Waals surface area contributed by atoms with Crippen molar-refractivity contribution in [3.05, 3.63) is 47.0 Å². The molecule has 1 N–H and O–H groups in total. The first-order chi connectivity index (χ1) is 13.0. The number of benzene rings is 2. The minimum absolute atomic E-state index is 0.177. The number of methoxy groups -OCH3 is 2. The van der Waals surface area contributed by atoms with E-state index in [0.29, 0.717) is 17.2 Å². The molecule has 0 radical (unpaired) electrons. The molecule has 2 aromatic rings. The molecule has 0 bridgehead atoms. The van der Waals surface area contributed by atoms with Gasteiger partial charge in [-0.15, -0.1) is 0 Å². The van der Waals surface area contributed by atoms with Crippen LogP contribution in [-0.2, 0) is 9.53 Å². The van der Waals surface area contributed by atoms with E-state index in [2.05, 4.69) is 5.32 Å². The maximum atomic E-state index is 12.1. The van der Waals surface area contributed by atoms with Crippen LogP contribution in [0.25, 0.3) is 0 Å². The zero-order valence-corrected chi connectivity index (χ0v) is 16.0. The van der Waals surface area contributed by atoms with Crippen molar-refractivity contribution in [1.29, 1.82) is 0 Å². The van der Waals surface area contributed by atoms with Crippen LogP contribution in [0.15, 0.2) is 36.4 Å². The lowest BCUT2D eigenvalue weighted by molar-refractivity contribution is -0.118. The molecule has 0 aliphatic heterocycles. The van der Waals surface area contributed by atoms with Crippen LogP contribution in [-0.4, -0.2) is 39.3 Å². The number of ether oxygens (including phenoxy) is 4. The highest BCUT2D eigenvalue weighted by Crippen LogP contribution is 2.31. The Balaban J connectivity index is 2.04. The molecule has 0 saturated carbocycles. The monoisotopic (exact) mass is 393 g/mol. The number of carbonyl (C=O) groups excluding carboxylic acids is 2.